The predicted octanol–water partition coefficient (Wildman–Crippen LogP) is 2.40. The lowest BCUT2D eigenvalue weighted by molar-refractivity contribution is 0.475. The van der Waals surface area contributed by atoms with Crippen molar-refractivity contribution in [3.05, 3.63) is 54.4 Å². The molecule has 15 heavy (non-hydrogen) atoms. The van der Waals surface area contributed by atoms with E-state index in [0.29, 0.717) is 6.54 Å². The fraction of sp³-hybridized carbons (Fsp3) is 0.0833. The molecule has 0 amide bonds. The predicted molar refractivity (Wildman–Crippen MR) is 59.7 cm³/mol. The smallest absolute Gasteiger partial charge is 0.117 e. The molecule has 0 atom stereocenters. The second-order valence-electron chi connectivity index (χ2n) is 3.22. The number of phenolic OH excluding ortho intramolecular Hbond substituents is 1. The van der Waals surface area contributed by atoms with Crippen molar-refractivity contribution in [2.45, 2.75) is 6.54 Å². The molecule has 0 aliphatic carbocycles. The van der Waals surface area contributed by atoms with Crippen LogP contribution < -0.4 is 5.32 Å². The molecule has 0 bridgehead atoms. The number of aromatic hydroxyl groups is 1. The van der Waals surface area contributed by atoms with E-state index in [1.54, 1.807) is 24.4 Å². The van der Waals surface area contributed by atoms with Gasteiger partial charge in [0, 0.05) is 18.0 Å². The number of rotatable bonds is 3. The number of nitrogens with zero attached hydrogens (tertiary/aromatic N) is 1. The number of phenols is 1. The van der Waals surface area contributed by atoms with Gasteiger partial charge in [-0.25, -0.2) is 0 Å². The van der Waals surface area contributed by atoms with Crippen LogP contribution in [0.1, 0.15) is 5.69 Å². The Kier molecular flexibility index (Phi) is 2.83. The van der Waals surface area contributed by atoms with Crippen molar-refractivity contribution in [2.24, 2.45) is 0 Å². The van der Waals surface area contributed by atoms with Gasteiger partial charge in [-0.05, 0) is 24.3 Å². The highest BCUT2D eigenvalue weighted by Crippen LogP contribution is 2.15. The van der Waals surface area contributed by atoms with E-state index in [2.05, 4.69) is 10.3 Å². The summed E-state index contributed by atoms with van der Waals surface area (Å²) in [6, 6.07) is 12.8. The second kappa shape index (κ2) is 4.46. The van der Waals surface area contributed by atoms with Gasteiger partial charge in [0.1, 0.15) is 5.75 Å². The van der Waals surface area contributed by atoms with Crippen molar-refractivity contribution in [1.82, 2.24) is 4.98 Å². The minimum Gasteiger partial charge on any atom is -0.508 e. The van der Waals surface area contributed by atoms with Crippen LogP contribution in [0.2, 0.25) is 0 Å². The molecule has 1 aromatic carbocycles. The third-order valence-electron chi connectivity index (χ3n) is 2.05. The molecule has 2 N–H and O–H groups in total. The normalized spacial score (nSPS) is 9.87. The van der Waals surface area contributed by atoms with Gasteiger partial charge in [0.25, 0.3) is 0 Å². The first-order valence-corrected chi connectivity index (χ1v) is 4.77. The van der Waals surface area contributed by atoms with Crippen LogP contribution in [0.15, 0.2) is 48.7 Å². The van der Waals surface area contributed by atoms with E-state index in [0.717, 1.165) is 11.4 Å². The average Bonchev–Trinajstić information content (AvgIpc) is 2.28. The molecular weight excluding hydrogens is 188 g/mol. The number of pyridine rings is 1. The lowest BCUT2D eigenvalue weighted by Gasteiger charge is -2.05. The van der Waals surface area contributed by atoms with Gasteiger partial charge in [-0.2, -0.15) is 0 Å². The van der Waals surface area contributed by atoms with Crippen molar-refractivity contribution in [2.75, 3.05) is 5.32 Å². The van der Waals surface area contributed by atoms with E-state index in [9.17, 15) is 5.11 Å². The first kappa shape index (κ1) is 9.52. The molecule has 0 spiro atoms. The van der Waals surface area contributed by atoms with Crippen molar-refractivity contribution < 1.29 is 5.11 Å². The van der Waals surface area contributed by atoms with Gasteiger partial charge in [0.2, 0.25) is 0 Å². The van der Waals surface area contributed by atoms with Crippen molar-refractivity contribution in [1.29, 1.82) is 0 Å². The number of nitrogens with one attached hydrogen (secondary N) is 1. The maximum atomic E-state index is 9.25. The first-order valence-electron chi connectivity index (χ1n) is 4.77. The number of benzene rings is 1. The van der Waals surface area contributed by atoms with Gasteiger partial charge in [-0.1, -0.05) is 12.1 Å². The van der Waals surface area contributed by atoms with Crippen LogP contribution in [-0.4, -0.2) is 10.1 Å². The van der Waals surface area contributed by atoms with Gasteiger partial charge >= 0.3 is 0 Å². The Hall–Kier alpha value is -2.03. The SMILES string of the molecule is Oc1cccc(NCc2ccccn2)c1. The minimum atomic E-state index is 0.265. The molecule has 2 rings (SSSR count). The van der Waals surface area contributed by atoms with Crippen molar-refractivity contribution >= 4 is 5.69 Å². The van der Waals surface area contributed by atoms with Crippen LogP contribution in [0, 0.1) is 0 Å². The highest BCUT2D eigenvalue weighted by molar-refractivity contribution is 5.47. The molecule has 0 saturated heterocycles. The van der Waals surface area contributed by atoms with E-state index in [1.807, 2.05) is 24.3 Å². The standard InChI is InChI=1S/C12H12N2O/c15-12-6-3-5-10(8-12)14-9-11-4-1-2-7-13-11/h1-8,14-15H,9H2. The summed E-state index contributed by atoms with van der Waals surface area (Å²) in [7, 11) is 0. The maximum Gasteiger partial charge on any atom is 0.117 e. The quantitative estimate of drug-likeness (QED) is 0.799. The number of hydrogen-bond donors (Lipinski definition) is 2. The van der Waals surface area contributed by atoms with Crippen LogP contribution in [-0.2, 0) is 6.54 Å². The Morgan fingerprint density at radius 1 is 1.13 bits per heavy atom. The summed E-state index contributed by atoms with van der Waals surface area (Å²) in [5, 5.41) is 12.4. The summed E-state index contributed by atoms with van der Waals surface area (Å²) < 4.78 is 0. The molecule has 3 heteroatoms. The van der Waals surface area contributed by atoms with Gasteiger partial charge in [0.15, 0.2) is 0 Å². The summed E-state index contributed by atoms with van der Waals surface area (Å²) in [6.07, 6.45) is 1.76. The summed E-state index contributed by atoms with van der Waals surface area (Å²) in [5.41, 5.74) is 1.86. The molecule has 0 saturated carbocycles. The lowest BCUT2D eigenvalue weighted by atomic mass is 10.3. The molecule has 0 aliphatic heterocycles. The van der Waals surface area contributed by atoms with E-state index in [1.165, 1.54) is 0 Å². The zero-order valence-corrected chi connectivity index (χ0v) is 8.22. The summed E-state index contributed by atoms with van der Waals surface area (Å²) in [4.78, 5) is 4.19. The number of anilines is 1. The summed E-state index contributed by atoms with van der Waals surface area (Å²) in [5.74, 6) is 0.265. The Morgan fingerprint density at radius 3 is 2.80 bits per heavy atom. The average molecular weight is 200 g/mol. The topological polar surface area (TPSA) is 45.1 Å². The first-order chi connectivity index (χ1) is 7.34. The molecule has 3 nitrogen and oxygen atoms in total. The summed E-state index contributed by atoms with van der Waals surface area (Å²) >= 11 is 0. The molecule has 76 valence electrons. The molecule has 2 aromatic rings. The lowest BCUT2D eigenvalue weighted by Crippen LogP contribution is -2.00. The fourth-order valence-corrected chi connectivity index (χ4v) is 1.31. The van der Waals surface area contributed by atoms with E-state index < -0.39 is 0 Å². The van der Waals surface area contributed by atoms with Crippen LogP contribution >= 0.6 is 0 Å². The van der Waals surface area contributed by atoms with E-state index >= 15 is 0 Å². The van der Waals surface area contributed by atoms with Crippen LogP contribution in [0.3, 0.4) is 0 Å². The van der Waals surface area contributed by atoms with Crippen LogP contribution in [0.25, 0.3) is 0 Å². The second-order valence-corrected chi connectivity index (χ2v) is 3.22. The maximum absolute atomic E-state index is 9.25. The summed E-state index contributed by atoms with van der Waals surface area (Å²) in [6.45, 7) is 0.657. The monoisotopic (exact) mass is 200 g/mol. The van der Waals surface area contributed by atoms with E-state index in [4.69, 9.17) is 0 Å². The molecular formula is C12H12N2O. The molecule has 0 radical (unpaired) electrons. The largest absolute Gasteiger partial charge is 0.508 e. The van der Waals surface area contributed by atoms with Gasteiger partial charge < -0.3 is 10.4 Å². The highest BCUT2D eigenvalue weighted by atomic mass is 16.3. The minimum absolute atomic E-state index is 0.265. The highest BCUT2D eigenvalue weighted by Gasteiger charge is 1.94. The van der Waals surface area contributed by atoms with Gasteiger partial charge in [0.05, 0.1) is 12.2 Å². The zero-order valence-electron chi connectivity index (χ0n) is 8.22. The molecule has 0 unspecified atom stereocenters. The van der Waals surface area contributed by atoms with Gasteiger partial charge in [-0.3, -0.25) is 4.98 Å². The number of aromatic nitrogens is 1. The van der Waals surface area contributed by atoms with Gasteiger partial charge in [-0.15, -0.1) is 0 Å². The van der Waals surface area contributed by atoms with E-state index in [-0.39, 0.29) is 5.75 Å². The zero-order chi connectivity index (χ0) is 10.5. The Morgan fingerprint density at radius 2 is 2.07 bits per heavy atom. The molecule has 0 aliphatic rings. The third kappa shape index (κ3) is 2.71. The fourth-order valence-electron chi connectivity index (χ4n) is 1.31. The molecule has 0 fully saturated rings. The van der Waals surface area contributed by atoms with Crippen molar-refractivity contribution in [3.8, 4) is 5.75 Å². The van der Waals surface area contributed by atoms with Crippen LogP contribution in [0.4, 0.5) is 5.69 Å². The van der Waals surface area contributed by atoms with Crippen LogP contribution in [0.5, 0.6) is 5.75 Å². The third-order valence-corrected chi connectivity index (χ3v) is 2.05. The molecule has 1 heterocycles. The van der Waals surface area contributed by atoms with Crippen molar-refractivity contribution in [3.63, 3.8) is 0 Å². The Bertz CT molecular complexity index is 429. The molecule has 1 aromatic heterocycles. The Labute approximate surface area is 88.4 Å². The Balaban J connectivity index is 1.99. The number of hydrogen-bond acceptors (Lipinski definition) is 3.